The molecule has 1 aliphatic rings. The van der Waals surface area contributed by atoms with Crippen LogP contribution in [0.4, 0.5) is 0 Å². The maximum absolute atomic E-state index is 10.8. The molecule has 18 heavy (non-hydrogen) atoms. The molecule has 0 aromatic carbocycles. The average molecular weight is 314 g/mol. The third-order valence-electron chi connectivity index (χ3n) is 3.31. The zero-order valence-electron chi connectivity index (χ0n) is 10.2. The number of hydrogen-bond donors (Lipinski definition) is 1. The van der Waals surface area contributed by atoms with Gasteiger partial charge < -0.3 is 9.84 Å². The van der Waals surface area contributed by atoms with Gasteiger partial charge >= 0.3 is 5.97 Å². The van der Waals surface area contributed by atoms with Crippen molar-refractivity contribution in [3.8, 4) is 5.88 Å². The van der Waals surface area contributed by atoms with Gasteiger partial charge in [0.1, 0.15) is 6.10 Å². The lowest BCUT2D eigenvalue weighted by Gasteiger charge is -2.26. The Kier molecular flexibility index (Phi) is 4.22. The van der Waals surface area contributed by atoms with E-state index in [0.717, 1.165) is 23.0 Å². The van der Waals surface area contributed by atoms with Crippen molar-refractivity contribution >= 4 is 21.9 Å². The van der Waals surface area contributed by atoms with E-state index in [2.05, 4.69) is 20.9 Å². The lowest BCUT2D eigenvalue weighted by molar-refractivity contribution is -0.143. The van der Waals surface area contributed by atoms with Crippen LogP contribution in [0.3, 0.4) is 0 Å². The number of hydrogen-bond acceptors (Lipinski definition) is 3. The molecule has 1 aliphatic carbocycles. The summed E-state index contributed by atoms with van der Waals surface area (Å²) >= 11 is 3.40. The van der Waals surface area contributed by atoms with Crippen LogP contribution < -0.4 is 4.74 Å². The molecule has 0 saturated heterocycles. The van der Waals surface area contributed by atoms with E-state index in [1.807, 2.05) is 19.1 Å². The van der Waals surface area contributed by atoms with E-state index in [-0.39, 0.29) is 12.0 Å². The summed E-state index contributed by atoms with van der Waals surface area (Å²) in [5.74, 6) is -0.273. The molecular formula is C13H16BrNO3. The highest BCUT2D eigenvalue weighted by Crippen LogP contribution is 2.28. The van der Waals surface area contributed by atoms with Crippen LogP contribution in [-0.2, 0) is 4.79 Å². The van der Waals surface area contributed by atoms with Gasteiger partial charge in [0.15, 0.2) is 0 Å². The number of rotatable bonds is 3. The van der Waals surface area contributed by atoms with Crippen LogP contribution in [0.2, 0.25) is 0 Å². The molecule has 0 radical (unpaired) electrons. The number of nitrogens with zero attached hydrogens (tertiary/aromatic N) is 1. The molecule has 1 fully saturated rings. The van der Waals surface area contributed by atoms with Gasteiger partial charge in [0, 0.05) is 10.5 Å². The zero-order chi connectivity index (χ0) is 13.1. The van der Waals surface area contributed by atoms with Crippen LogP contribution in [0.15, 0.2) is 16.6 Å². The fourth-order valence-corrected chi connectivity index (χ4v) is 2.41. The first kappa shape index (κ1) is 13.3. The summed E-state index contributed by atoms with van der Waals surface area (Å²) < 4.78 is 6.76. The second-order valence-electron chi connectivity index (χ2n) is 4.65. The monoisotopic (exact) mass is 313 g/mol. The van der Waals surface area contributed by atoms with Crippen LogP contribution in [0.5, 0.6) is 5.88 Å². The molecule has 0 unspecified atom stereocenters. The summed E-state index contributed by atoms with van der Waals surface area (Å²) in [7, 11) is 0. The van der Waals surface area contributed by atoms with Gasteiger partial charge in [-0.15, -0.1) is 0 Å². The molecule has 4 nitrogen and oxygen atoms in total. The van der Waals surface area contributed by atoms with Crippen molar-refractivity contribution in [2.75, 3.05) is 0 Å². The Morgan fingerprint density at radius 2 is 2.06 bits per heavy atom. The van der Waals surface area contributed by atoms with Crippen molar-refractivity contribution in [3.05, 3.63) is 22.3 Å². The van der Waals surface area contributed by atoms with E-state index < -0.39 is 5.97 Å². The summed E-state index contributed by atoms with van der Waals surface area (Å²) in [6, 6.07) is 3.75. The Morgan fingerprint density at radius 3 is 2.61 bits per heavy atom. The van der Waals surface area contributed by atoms with E-state index >= 15 is 0 Å². The van der Waals surface area contributed by atoms with E-state index in [9.17, 15) is 4.79 Å². The summed E-state index contributed by atoms with van der Waals surface area (Å²) in [6.45, 7) is 1.91. The molecule has 1 aromatic rings. The average Bonchev–Trinajstić information content (AvgIpc) is 2.34. The molecule has 1 aromatic heterocycles. The van der Waals surface area contributed by atoms with Gasteiger partial charge in [0.2, 0.25) is 5.88 Å². The minimum Gasteiger partial charge on any atom is -0.481 e. The molecule has 98 valence electrons. The van der Waals surface area contributed by atoms with Crippen LogP contribution in [-0.4, -0.2) is 22.2 Å². The van der Waals surface area contributed by atoms with Crippen molar-refractivity contribution in [1.29, 1.82) is 0 Å². The Hall–Kier alpha value is -1.10. The molecule has 0 atom stereocenters. The van der Waals surface area contributed by atoms with Gasteiger partial charge in [-0.2, -0.15) is 0 Å². The highest BCUT2D eigenvalue weighted by Gasteiger charge is 2.27. The van der Waals surface area contributed by atoms with Gasteiger partial charge in [0.05, 0.1) is 11.6 Å². The number of carbonyl (C=O) groups is 1. The third kappa shape index (κ3) is 3.22. The summed E-state index contributed by atoms with van der Waals surface area (Å²) in [5, 5.41) is 8.92. The fraction of sp³-hybridized carbons (Fsp3) is 0.538. The number of pyridine rings is 1. The molecule has 0 bridgehead atoms. The maximum Gasteiger partial charge on any atom is 0.306 e. The summed E-state index contributed by atoms with van der Waals surface area (Å²) in [6.07, 6.45) is 3.04. The Morgan fingerprint density at radius 1 is 1.39 bits per heavy atom. The number of aromatic nitrogens is 1. The predicted molar refractivity (Wildman–Crippen MR) is 70.7 cm³/mol. The van der Waals surface area contributed by atoms with Gasteiger partial charge in [-0.1, -0.05) is 0 Å². The maximum atomic E-state index is 10.8. The quantitative estimate of drug-likeness (QED) is 0.931. The SMILES string of the molecule is Cc1nc(O[C@H]2CC[C@H](C(=O)O)CC2)ccc1Br. The van der Waals surface area contributed by atoms with E-state index in [0.29, 0.717) is 18.7 Å². The van der Waals surface area contributed by atoms with Crippen LogP contribution in [0.1, 0.15) is 31.4 Å². The fourth-order valence-electron chi connectivity index (χ4n) is 2.19. The Bertz CT molecular complexity index is 442. The van der Waals surface area contributed by atoms with Crippen molar-refractivity contribution in [2.24, 2.45) is 5.92 Å². The molecule has 2 rings (SSSR count). The lowest BCUT2D eigenvalue weighted by Crippen LogP contribution is -2.28. The second-order valence-corrected chi connectivity index (χ2v) is 5.50. The molecule has 0 spiro atoms. The number of aliphatic carboxylic acids is 1. The number of aryl methyl sites for hydroxylation is 1. The van der Waals surface area contributed by atoms with E-state index in [1.165, 1.54) is 0 Å². The van der Waals surface area contributed by atoms with Gasteiger partial charge in [-0.3, -0.25) is 4.79 Å². The number of halogens is 1. The molecule has 0 aliphatic heterocycles. The molecule has 1 N–H and O–H groups in total. The topological polar surface area (TPSA) is 59.4 Å². The van der Waals surface area contributed by atoms with E-state index in [1.54, 1.807) is 0 Å². The highest BCUT2D eigenvalue weighted by atomic mass is 79.9. The lowest BCUT2D eigenvalue weighted by atomic mass is 9.87. The minimum absolute atomic E-state index is 0.0914. The number of ether oxygens (including phenoxy) is 1. The van der Waals surface area contributed by atoms with Gasteiger partial charge in [-0.25, -0.2) is 4.98 Å². The summed E-state index contributed by atoms with van der Waals surface area (Å²) in [5.41, 5.74) is 0.895. The van der Waals surface area contributed by atoms with E-state index in [4.69, 9.17) is 9.84 Å². The largest absolute Gasteiger partial charge is 0.481 e. The second kappa shape index (κ2) is 5.69. The smallest absolute Gasteiger partial charge is 0.306 e. The number of carboxylic acid groups (broad SMARTS) is 1. The van der Waals surface area contributed by atoms with Crippen molar-refractivity contribution < 1.29 is 14.6 Å². The van der Waals surface area contributed by atoms with Crippen molar-refractivity contribution in [1.82, 2.24) is 4.98 Å². The molecule has 1 saturated carbocycles. The first-order valence-corrected chi connectivity index (χ1v) is 6.88. The Labute approximate surface area is 115 Å². The normalized spacial score (nSPS) is 23.7. The van der Waals surface area contributed by atoms with Crippen LogP contribution in [0.25, 0.3) is 0 Å². The summed E-state index contributed by atoms with van der Waals surface area (Å²) in [4.78, 5) is 15.2. The van der Waals surface area contributed by atoms with Crippen LogP contribution >= 0.6 is 15.9 Å². The van der Waals surface area contributed by atoms with Crippen molar-refractivity contribution in [2.45, 2.75) is 38.7 Å². The zero-order valence-corrected chi connectivity index (χ0v) is 11.8. The van der Waals surface area contributed by atoms with Gasteiger partial charge in [0.25, 0.3) is 0 Å². The molecule has 5 heteroatoms. The predicted octanol–water partition coefficient (Wildman–Crippen LogP) is 3.17. The first-order chi connectivity index (χ1) is 8.56. The molecule has 1 heterocycles. The standard InChI is InChI=1S/C13H16BrNO3/c1-8-11(14)6-7-12(15-8)18-10-4-2-9(3-5-10)13(16)17/h6-7,9-10H,2-5H2,1H3,(H,16,17)/t9-,10-. The minimum atomic E-state index is -0.689. The molecular weight excluding hydrogens is 298 g/mol. The molecule has 0 amide bonds. The Balaban J connectivity index is 1.91. The first-order valence-electron chi connectivity index (χ1n) is 6.09. The third-order valence-corrected chi connectivity index (χ3v) is 4.14. The van der Waals surface area contributed by atoms with Crippen molar-refractivity contribution in [3.63, 3.8) is 0 Å². The highest BCUT2D eigenvalue weighted by molar-refractivity contribution is 9.10. The van der Waals surface area contributed by atoms with Gasteiger partial charge in [-0.05, 0) is 54.6 Å². The number of carboxylic acids is 1. The van der Waals surface area contributed by atoms with Crippen LogP contribution in [0, 0.1) is 12.8 Å².